The van der Waals surface area contributed by atoms with Crippen molar-refractivity contribution in [3.8, 4) is 12.1 Å². The number of nitrogens with zero attached hydrogens (tertiary/aromatic N) is 4. The zero-order valence-electron chi connectivity index (χ0n) is 19.8. The Morgan fingerprint density at radius 1 is 1.17 bits per heavy atom. The predicted molar refractivity (Wildman–Crippen MR) is 132 cm³/mol. The number of primary amides is 1. The zero-order valence-corrected chi connectivity index (χ0v) is 20.7. The molecule has 182 valence electrons. The second kappa shape index (κ2) is 12.1. The largest absolute Gasteiger partial charge is 0.446 e. The van der Waals surface area contributed by atoms with E-state index in [0.717, 1.165) is 11.1 Å². The summed E-state index contributed by atoms with van der Waals surface area (Å²) >= 11 is 1.46. The summed E-state index contributed by atoms with van der Waals surface area (Å²) in [5, 5.41) is 23.2. The van der Waals surface area contributed by atoms with Crippen LogP contribution in [0.15, 0.2) is 29.3 Å². The quantitative estimate of drug-likeness (QED) is 0.533. The highest BCUT2D eigenvalue weighted by molar-refractivity contribution is 7.98. The van der Waals surface area contributed by atoms with E-state index < -0.39 is 6.09 Å². The molecular formula is C25H28N6O3S. The second-order valence-electron chi connectivity index (χ2n) is 8.18. The van der Waals surface area contributed by atoms with Gasteiger partial charge >= 0.3 is 6.09 Å². The first-order chi connectivity index (χ1) is 16.9. The van der Waals surface area contributed by atoms with E-state index in [4.69, 9.17) is 15.5 Å². The smallest absolute Gasteiger partial charge is 0.404 e. The number of ether oxygens (including phenoxy) is 1. The van der Waals surface area contributed by atoms with Crippen LogP contribution in [-0.2, 0) is 28.2 Å². The van der Waals surface area contributed by atoms with Gasteiger partial charge in [0.05, 0.1) is 11.1 Å². The summed E-state index contributed by atoms with van der Waals surface area (Å²) in [5.41, 5.74) is 8.76. The predicted octanol–water partition coefficient (Wildman–Crippen LogP) is 3.38. The molecule has 3 rings (SSSR count). The van der Waals surface area contributed by atoms with E-state index in [2.05, 4.69) is 17.5 Å². The molecule has 2 amide bonds. The molecular weight excluding hydrogens is 464 g/mol. The minimum absolute atomic E-state index is 0.0762. The topological polar surface area (TPSA) is 145 Å². The average molecular weight is 493 g/mol. The monoisotopic (exact) mass is 492 g/mol. The van der Waals surface area contributed by atoms with Gasteiger partial charge in [-0.25, -0.2) is 9.78 Å². The molecule has 0 saturated carbocycles. The number of rotatable bonds is 8. The number of anilines is 1. The number of hydrogen-bond acceptors (Lipinski definition) is 8. The lowest BCUT2D eigenvalue weighted by molar-refractivity contribution is -0.119. The number of nitrogens with two attached hydrogens (primary N) is 1. The molecule has 0 atom stereocenters. The van der Waals surface area contributed by atoms with Crippen molar-refractivity contribution in [2.24, 2.45) is 5.73 Å². The Morgan fingerprint density at radius 3 is 2.34 bits per heavy atom. The van der Waals surface area contributed by atoms with Gasteiger partial charge in [-0.1, -0.05) is 31.2 Å². The molecule has 9 nitrogen and oxygen atoms in total. The molecule has 0 radical (unpaired) electrons. The Morgan fingerprint density at radius 2 is 1.80 bits per heavy atom. The van der Waals surface area contributed by atoms with Gasteiger partial charge in [-0.3, -0.25) is 4.79 Å². The van der Waals surface area contributed by atoms with E-state index >= 15 is 0 Å². The molecule has 2 heterocycles. The highest BCUT2D eigenvalue weighted by Gasteiger charge is 2.27. The van der Waals surface area contributed by atoms with Gasteiger partial charge in [0.2, 0.25) is 5.91 Å². The van der Waals surface area contributed by atoms with E-state index in [1.807, 2.05) is 36.1 Å². The van der Waals surface area contributed by atoms with Crippen LogP contribution in [0.5, 0.6) is 0 Å². The van der Waals surface area contributed by atoms with E-state index in [-0.39, 0.29) is 12.0 Å². The third-order valence-electron chi connectivity index (χ3n) is 5.79. The number of carbonyl (C=O) groups is 2. The van der Waals surface area contributed by atoms with Gasteiger partial charge in [-0.2, -0.15) is 10.5 Å². The third-order valence-corrected chi connectivity index (χ3v) is 6.84. The van der Waals surface area contributed by atoms with Gasteiger partial charge in [0.15, 0.2) is 0 Å². The number of piperidine rings is 1. The Bertz CT molecular complexity index is 1160. The number of thioether (sulfide) groups is 1. The fourth-order valence-electron chi connectivity index (χ4n) is 4.00. The maximum Gasteiger partial charge on any atom is 0.404 e. The van der Waals surface area contributed by atoms with E-state index in [1.54, 1.807) is 0 Å². The lowest BCUT2D eigenvalue weighted by atomic mass is 10.0. The molecule has 10 heteroatoms. The highest BCUT2D eigenvalue weighted by atomic mass is 32.2. The van der Waals surface area contributed by atoms with Crippen LogP contribution in [0.25, 0.3) is 0 Å². The van der Waals surface area contributed by atoms with Crippen LogP contribution < -0.4 is 16.0 Å². The van der Waals surface area contributed by atoms with Crippen LogP contribution in [0.4, 0.5) is 10.6 Å². The van der Waals surface area contributed by atoms with E-state index in [1.165, 1.54) is 18.7 Å². The van der Waals surface area contributed by atoms with Crippen molar-refractivity contribution in [3.05, 3.63) is 52.1 Å². The summed E-state index contributed by atoms with van der Waals surface area (Å²) in [6.45, 7) is 5.01. The minimum Gasteiger partial charge on any atom is -0.446 e. The number of pyridine rings is 1. The number of aromatic nitrogens is 1. The summed E-state index contributed by atoms with van der Waals surface area (Å²) in [6.07, 6.45) is 0.677. The summed E-state index contributed by atoms with van der Waals surface area (Å²) in [4.78, 5) is 29.0. The fourth-order valence-corrected chi connectivity index (χ4v) is 4.96. The summed E-state index contributed by atoms with van der Waals surface area (Å²) in [6, 6.07) is 12.4. The highest BCUT2D eigenvalue weighted by Crippen LogP contribution is 2.34. The number of nitrogens with one attached hydrogen (secondary N) is 1. The molecule has 2 aromatic rings. The Balaban J connectivity index is 1.82. The number of benzene rings is 1. The zero-order chi connectivity index (χ0) is 25.4. The molecule has 0 bridgehead atoms. The number of amides is 2. The second-order valence-corrected chi connectivity index (χ2v) is 9.15. The maximum absolute atomic E-state index is 11.1. The van der Waals surface area contributed by atoms with Crippen LogP contribution in [0.1, 0.15) is 54.5 Å². The van der Waals surface area contributed by atoms with Crippen molar-refractivity contribution in [2.45, 2.75) is 56.5 Å². The first-order valence-electron chi connectivity index (χ1n) is 11.4. The van der Waals surface area contributed by atoms with Crippen LogP contribution >= 0.6 is 11.8 Å². The van der Waals surface area contributed by atoms with E-state index in [0.29, 0.717) is 72.2 Å². The summed E-state index contributed by atoms with van der Waals surface area (Å²) in [5.74, 6) is 1.09. The SMILES string of the molecule is CCc1c(C#N)c(SCc2ccc(CNC(C)=O)cc2)nc(N2CCC(OC(N)=O)CC2)c1C#N. The van der Waals surface area contributed by atoms with Crippen LogP contribution in [-0.4, -0.2) is 36.2 Å². The standard InChI is InChI=1S/C25H28N6O3S/c1-3-20-21(12-26)23(31-10-8-19(9-11-31)34-25(28)33)30-24(22(20)13-27)35-15-18-6-4-17(5-7-18)14-29-16(2)32/h4-7,19H,3,8-11,14-15H2,1-2H3,(H2,28,33)(H,29,32). The van der Waals surface area contributed by atoms with Crippen molar-refractivity contribution < 1.29 is 14.3 Å². The maximum atomic E-state index is 11.1. The molecule has 1 aromatic heterocycles. The fraction of sp³-hybridized carbons (Fsp3) is 0.400. The van der Waals surface area contributed by atoms with Gasteiger partial charge in [-0.15, -0.1) is 11.8 Å². The van der Waals surface area contributed by atoms with Crippen LogP contribution in [0.3, 0.4) is 0 Å². The lowest BCUT2D eigenvalue weighted by Gasteiger charge is -2.33. The summed E-state index contributed by atoms with van der Waals surface area (Å²) < 4.78 is 5.12. The molecule has 35 heavy (non-hydrogen) atoms. The Kier molecular flexibility index (Phi) is 8.93. The molecule has 1 saturated heterocycles. The van der Waals surface area contributed by atoms with Crippen molar-refractivity contribution in [1.29, 1.82) is 10.5 Å². The average Bonchev–Trinajstić information content (AvgIpc) is 2.85. The molecule has 3 N–H and O–H groups in total. The van der Waals surface area contributed by atoms with E-state index in [9.17, 15) is 20.1 Å². The molecule has 0 unspecified atom stereocenters. The first kappa shape index (κ1) is 25.9. The molecule has 1 aromatic carbocycles. The van der Waals surface area contributed by atoms with Crippen molar-refractivity contribution in [2.75, 3.05) is 18.0 Å². The van der Waals surface area contributed by atoms with Gasteiger partial charge in [0, 0.05) is 45.2 Å². The van der Waals surface area contributed by atoms with Crippen LogP contribution in [0, 0.1) is 22.7 Å². The minimum atomic E-state index is -0.784. The number of carbonyl (C=O) groups excluding carboxylic acids is 2. The summed E-state index contributed by atoms with van der Waals surface area (Å²) in [7, 11) is 0. The van der Waals surface area contributed by atoms with Crippen molar-refractivity contribution >= 4 is 29.6 Å². The van der Waals surface area contributed by atoms with Crippen molar-refractivity contribution in [3.63, 3.8) is 0 Å². The van der Waals surface area contributed by atoms with Gasteiger partial charge in [0.25, 0.3) is 0 Å². The molecule has 0 aliphatic carbocycles. The van der Waals surface area contributed by atoms with Gasteiger partial charge < -0.3 is 20.7 Å². The molecule has 1 aliphatic heterocycles. The molecule has 1 aliphatic rings. The Hall–Kier alpha value is -3.76. The number of hydrogen-bond donors (Lipinski definition) is 2. The van der Waals surface area contributed by atoms with Crippen molar-refractivity contribution in [1.82, 2.24) is 10.3 Å². The normalized spacial score (nSPS) is 13.5. The van der Waals surface area contributed by atoms with Crippen LogP contribution in [0.2, 0.25) is 0 Å². The molecule has 1 fully saturated rings. The van der Waals surface area contributed by atoms with Gasteiger partial charge in [0.1, 0.15) is 29.1 Å². The van der Waals surface area contributed by atoms with Gasteiger partial charge in [-0.05, 0) is 23.1 Å². The third kappa shape index (κ3) is 6.65. The first-order valence-corrected chi connectivity index (χ1v) is 12.4. The number of nitriles is 2. The lowest BCUT2D eigenvalue weighted by Crippen LogP contribution is -2.39. The molecule has 0 spiro atoms. The Labute approximate surface area is 209 Å².